The van der Waals surface area contributed by atoms with Gasteiger partial charge in [0.2, 0.25) is 10.0 Å². The quantitative estimate of drug-likeness (QED) is 0.802. The summed E-state index contributed by atoms with van der Waals surface area (Å²) in [5.74, 6) is 0.445. The monoisotopic (exact) mass is 348 g/mol. The van der Waals surface area contributed by atoms with Gasteiger partial charge in [-0.2, -0.15) is 4.31 Å². The zero-order valence-corrected chi connectivity index (χ0v) is 14.5. The molecule has 0 aromatic heterocycles. The third-order valence-electron chi connectivity index (χ3n) is 3.63. The molecule has 0 amide bonds. The second-order valence-electron chi connectivity index (χ2n) is 5.34. The molecular weight excluding hydrogens is 328 g/mol. The van der Waals surface area contributed by atoms with Gasteiger partial charge in [0.05, 0.1) is 29.7 Å². The van der Waals surface area contributed by atoms with Gasteiger partial charge in [0, 0.05) is 26.7 Å². The average Bonchev–Trinajstić information content (AvgIpc) is 2.47. The van der Waals surface area contributed by atoms with Gasteiger partial charge in [0.1, 0.15) is 5.75 Å². The third kappa shape index (κ3) is 3.91. The fourth-order valence-corrected chi connectivity index (χ4v) is 3.90. The Bertz CT molecular complexity index is 623. The number of nitrogens with zero attached hydrogens (tertiary/aromatic N) is 2. The zero-order chi connectivity index (χ0) is 16.3. The second kappa shape index (κ2) is 7.14. The lowest BCUT2D eigenvalue weighted by Crippen LogP contribution is -2.46. The number of sulfonamides is 1. The summed E-state index contributed by atoms with van der Waals surface area (Å²) in [6.07, 6.45) is -0.132. The van der Waals surface area contributed by atoms with Crippen molar-refractivity contribution in [2.45, 2.75) is 11.0 Å². The van der Waals surface area contributed by atoms with Crippen molar-refractivity contribution in [3.63, 3.8) is 0 Å². The van der Waals surface area contributed by atoms with E-state index in [1.807, 2.05) is 7.05 Å². The Hall–Kier alpha value is -0.860. The van der Waals surface area contributed by atoms with Gasteiger partial charge in [-0.15, -0.1) is 0 Å². The molecular formula is C14H21ClN2O4S. The zero-order valence-electron chi connectivity index (χ0n) is 13.0. The van der Waals surface area contributed by atoms with Crippen molar-refractivity contribution in [1.82, 2.24) is 9.21 Å². The number of benzene rings is 1. The van der Waals surface area contributed by atoms with Crippen molar-refractivity contribution in [2.24, 2.45) is 0 Å². The smallest absolute Gasteiger partial charge is 0.242 e. The van der Waals surface area contributed by atoms with Crippen LogP contribution in [0.4, 0.5) is 0 Å². The van der Waals surface area contributed by atoms with Crippen molar-refractivity contribution >= 4 is 21.6 Å². The molecule has 0 saturated carbocycles. The predicted molar refractivity (Wildman–Crippen MR) is 85.1 cm³/mol. The van der Waals surface area contributed by atoms with E-state index in [4.69, 9.17) is 21.1 Å². The van der Waals surface area contributed by atoms with Crippen LogP contribution >= 0.6 is 11.6 Å². The first-order valence-corrected chi connectivity index (χ1v) is 8.76. The number of ether oxygens (including phenoxy) is 2. The van der Waals surface area contributed by atoms with Crippen LogP contribution in [0.2, 0.25) is 5.02 Å². The first-order chi connectivity index (χ1) is 10.3. The molecule has 0 spiro atoms. The predicted octanol–water partition coefficient (Wildman–Crippen LogP) is 1.30. The van der Waals surface area contributed by atoms with E-state index in [9.17, 15) is 8.42 Å². The molecule has 1 unspecified atom stereocenters. The van der Waals surface area contributed by atoms with Gasteiger partial charge in [-0.3, -0.25) is 0 Å². The van der Waals surface area contributed by atoms with Crippen LogP contribution in [0.3, 0.4) is 0 Å². The Morgan fingerprint density at radius 3 is 2.82 bits per heavy atom. The molecule has 1 aromatic carbocycles. The molecule has 124 valence electrons. The van der Waals surface area contributed by atoms with E-state index in [0.29, 0.717) is 25.4 Å². The van der Waals surface area contributed by atoms with Crippen LogP contribution < -0.4 is 4.74 Å². The first kappa shape index (κ1) is 17.5. The number of hydrogen-bond donors (Lipinski definition) is 0. The van der Waals surface area contributed by atoms with E-state index in [-0.39, 0.29) is 16.0 Å². The summed E-state index contributed by atoms with van der Waals surface area (Å²) in [5, 5.41) is 0.269. The molecule has 1 aliphatic rings. The van der Waals surface area contributed by atoms with Gasteiger partial charge < -0.3 is 14.4 Å². The number of halogens is 1. The van der Waals surface area contributed by atoms with Crippen LogP contribution in [0, 0.1) is 0 Å². The van der Waals surface area contributed by atoms with Gasteiger partial charge in [0.15, 0.2) is 0 Å². The first-order valence-electron chi connectivity index (χ1n) is 6.94. The van der Waals surface area contributed by atoms with Crippen LogP contribution in [0.5, 0.6) is 5.75 Å². The maximum absolute atomic E-state index is 12.6. The minimum atomic E-state index is -3.61. The highest BCUT2D eigenvalue weighted by Gasteiger charge is 2.27. The maximum Gasteiger partial charge on any atom is 0.242 e. The topological polar surface area (TPSA) is 59.1 Å². The molecule has 2 rings (SSSR count). The summed E-state index contributed by atoms with van der Waals surface area (Å²) < 4.78 is 37.2. The van der Waals surface area contributed by atoms with Crippen LogP contribution in [0.15, 0.2) is 23.1 Å². The molecule has 1 heterocycles. The summed E-state index contributed by atoms with van der Waals surface area (Å²) in [6.45, 7) is 2.49. The van der Waals surface area contributed by atoms with Gasteiger partial charge in [-0.05, 0) is 25.2 Å². The lowest BCUT2D eigenvalue weighted by Gasteiger charge is -2.32. The van der Waals surface area contributed by atoms with Crippen LogP contribution in [-0.2, 0) is 14.8 Å². The van der Waals surface area contributed by atoms with Crippen LogP contribution in [0.25, 0.3) is 0 Å². The molecule has 0 N–H and O–H groups in total. The molecule has 1 saturated heterocycles. The summed E-state index contributed by atoms with van der Waals surface area (Å²) in [6, 6.07) is 4.44. The lowest BCUT2D eigenvalue weighted by atomic mass is 10.3. The second-order valence-corrected chi connectivity index (χ2v) is 7.79. The molecule has 8 heteroatoms. The number of rotatable bonds is 5. The molecule has 1 atom stereocenters. The molecule has 1 aliphatic heterocycles. The summed E-state index contributed by atoms with van der Waals surface area (Å²) in [4.78, 5) is 2.27. The highest BCUT2D eigenvalue weighted by Crippen LogP contribution is 2.28. The highest BCUT2D eigenvalue weighted by atomic mass is 35.5. The summed E-state index contributed by atoms with van der Waals surface area (Å²) >= 11 is 6.01. The van der Waals surface area contributed by atoms with Gasteiger partial charge >= 0.3 is 0 Å². The van der Waals surface area contributed by atoms with Crippen LogP contribution in [0.1, 0.15) is 0 Å². The van der Waals surface area contributed by atoms with Crippen molar-refractivity contribution in [2.75, 3.05) is 47.4 Å². The fourth-order valence-electron chi connectivity index (χ4n) is 2.35. The minimum Gasteiger partial charge on any atom is -0.495 e. The van der Waals surface area contributed by atoms with E-state index < -0.39 is 10.0 Å². The number of methoxy groups -OCH3 is 1. The van der Waals surface area contributed by atoms with E-state index in [1.165, 1.54) is 23.5 Å². The van der Waals surface area contributed by atoms with E-state index in [0.717, 1.165) is 6.54 Å². The molecule has 6 nitrogen and oxygen atoms in total. The van der Waals surface area contributed by atoms with Crippen molar-refractivity contribution in [3.8, 4) is 5.75 Å². The van der Waals surface area contributed by atoms with Crippen molar-refractivity contribution in [1.29, 1.82) is 0 Å². The number of hydrogen-bond acceptors (Lipinski definition) is 5. The van der Waals surface area contributed by atoms with E-state index >= 15 is 0 Å². The minimum absolute atomic E-state index is 0.132. The van der Waals surface area contributed by atoms with Crippen LogP contribution in [-0.4, -0.2) is 71.2 Å². The Kier molecular flexibility index (Phi) is 5.68. The highest BCUT2D eigenvalue weighted by molar-refractivity contribution is 7.89. The SMILES string of the molecule is COc1ccc(S(=O)(=O)N(C)CC2CN(C)CCO2)cc1Cl. The number of likely N-dealkylation sites (N-methyl/N-ethyl adjacent to an activating group) is 2. The maximum atomic E-state index is 12.6. The molecule has 0 bridgehead atoms. The number of morpholine rings is 1. The fraction of sp³-hybridized carbons (Fsp3) is 0.571. The molecule has 0 aliphatic carbocycles. The normalized spacial score (nSPS) is 20.3. The summed E-state index contributed by atoms with van der Waals surface area (Å²) in [5.41, 5.74) is 0. The molecule has 1 aromatic rings. The molecule has 0 radical (unpaired) electrons. The average molecular weight is 349 g/mol. The van der Waals surface area contributed by atoms with Crippen molar-refractivity contribution < 1.29 is 17.9 Å². The Labute approximate surface area is 136 Å². The molecule has 22 heavy (non-hydrogen) atoms. The van der Waals surface area contributed by atoms with Gasteiger partial charge in [-0.25, -0.2) is 8.42 Å². The van der Waals surface area contributed by atoms with Gasteiger partial charge in [0.25, 0.3) is 0 Å². The Morgan fingerprint density at radius 1 is 1.50 bits per heavy atom. The molecule has 1 fully saturated rings. The Morgan fingerprint density at radius 2 is 2.23 bits per heavy atom. The third-order valence-corrected chi connectivity index (χ3v) is 5.75. The Balaban J connectivity index is 2.13. The summed E-state index contributed by atoms with van der Waals surface area (Å²) in [7, 11) is 1.42. The standard InChI is InChI=1S/C14H21ClN2O4S/c1-16-6-7-21-11(9-16)10-17(2)22(18,19)12-4-5-14(20-3)13(15)8-12/h4-5,8,11H,6-7,9-10H2,1-3H3. The van der Waals surface area contributed by atoms with Gasteiger partial charge in [-0.1, -0.05) is 11.6 Å². The van der Waals surface area contributed by atoms with Crippen molar-refractivity contribution in [3.05, 3.63) is 23.2 Å². The van der Waals surface area contributed by atoms with E-state index in [1.54, 1.807) is 13.1 Å². The lowest BCUT2D eigenvalue weighted by molar-refractivity contribution is -0.0247. The van der Waals surface area contributed by atoms with E-state index in [2.05, 4.69) is 4.90 Å². The largest absolute Gasteiger partial charge is 0.495 e.